The van der Waals surface area contributed by atoms with Crippen molar-refractivity contribution < 1.29 is 22.7 Å². The van der Waals surface area contributed by atoms with E-state index in [1.807, 2.05) is 6.07 Å². The Bertz CT molecular complexity index is 883. The van der Waals surface area contributed by atoms with Crippen molar-refractivity contribution in [3.63, 3.8) is 0 Å². The normalized spacial score (nSPS) is 11.0. The van der Waals surface area contributed by atoms with Crippen LogP contribution in [0.5, 0.6) is 5.75 Å². The first kappa shape index (κ1) is 17.7. The molecule has 10 heteroatoms. The predicted octanol–water partition coefficient (Wildman–Crippen LogP) is 4.43. The minimum absolute atomic E-state index is 0.170. The van der Waals surface area contributed by atoms with Crippen LogP contribution in [-0.4, -0.2) is 22.2 Å². The van der Waals surface area contributed by atoms with Gasteiger partial charge >= 0.3 is 6.36 Å². The predicted molar refractivity (Wildman–Crippen MR) is 90.7 cm³/mol. The molecule has 6 nitrogen and oxygen atoms in total. The zero-order valence-corrected chi connectivity index (χ0v) is 13.8. The molecule has 1 amide bonds. The Balaban J connectivity index is 1.61. The van der Waals surface area contributed by atoms with Gasteiger partial charge in [0.2, 0.25) is 0 Å². The van der Waals surface area contributed by atoms with E-state index in [1.165, 1.54) is 23.5 Å². The van der Waals surface area contributed by atoms with E-state index in [1.54, 1.807) is 23.7 Å². The molecule has 2 heterocycles. The van der Waals surface area contributed by atoms with Crippen molar-refractivity contribution in [2.24, 2.45) is 0 Å². The van der Waals surface area contributed by atoms with Crippen LogP contribution in [0.3, 0.4) is 0 Å². The van der Waals surface area contributed by atoms with Crippen LogP contribution in [0.25, 0.3) is 0 Å². The number of benzene rings is 1. The Labute approximate surface area is 149 Å². The maximum atomic E-state index is 12.2. The molecule has 0 unspecified atom stereocenters. The van der Waals surface area contributed by atoms with Crippen LogP contribution in [0.15, 0.2) is 54.0 Å². The molecule has 0 aliphatic rings. The maximum absolute atomic E-state index is 12.2. The number of nitrogens with zero attached hydrogens (tertiary/aromatic N) is 2. The van der Waals surface area contributed by atoms with Crippen LogP contribution in [0.2, 0.25) is 0 Å². The summed E-state index contributed by atoms with van der Waals surface area (Å²) in [6.45, 7) is 0. The molecular weight excluding hydrogens is 369 g/mol. The van der Waals surface area contributed by atoms with Gasteiger partial charge in [-0.25, -0.2) is 9.97 Å². The Morgan fingerprint density at radius 2 is 1.88 bits per heavy atom. The van der Waals surface area contributed by atoms with E-state index in [-0.39, 0.29) is 11.4 Å². The molecule has 0 fully saturated rings. The van der Waals surface area contributed by atoms with Crippen LogP contribution in [0, 0.1) is 0 Å². The van der Waals surface area contributed by atoms with Crippen molar-refractivity contribution in [1.29, 1.82) is 0 Å². The van der Waals surface area contributed by atoms with Gasteiger partial charge in [0.1, 0.15) is 17.3 Å². The zero-order valence-electron chi connectivity index (χ0n) is 12.9. The summed E-state index contributed by atoms with van der Waals surface area (Å²) in [6.07, 6.45) is -3.14. The number of ether oxygens (including phenoxy) is 1. The van der Waals surface area contributed by atoms with E-state index in [4.69, 9.17) is 0 Å². The number of pyridine rings is 1. The first-order valence-electron chi connectivity index (χ1n) is 7.20. The van der Waals surface area contributed by atoms with Gasteiger partial charge in [-0.3, -0.25) is 4.79 Å². The summed E-state index contributed by atoms with van der Waals surface area (Å²) < 4.78 is 40.1. The van der Waals surface area contributed by atoms with Gasteiger partial charge in [-0.2, -0.15) is 0 Å². The van der Waals surface area contributed by atoms with E-state index in [9.17, 15) is 18.0 Å². The number of alkyl halides is 3. The van der Waals surface area contributed by atoms with Crippen molar-refractivity contribution in [3.05, 3.63) is 59.7 Å². The lowest BCUT2D eigenvalue weighted by molar-refractivity contribution is -0.274. The summed E-state index contributed by atoms with van der Waals surface area (Å²) >= 11 is 1.22. The van der Waals surface area contributed by atoms with E-state index < -0.39 is 12.3 Å². The lowest BCUT2D eigenvalue weighted by Gasteiger charge is -2.09. The molecule has 0 bridgehead atoms. The Hall–Kier alpha value is -3.14. The summed E-state index contributed by atoms with van der Waals surface area (Å²) in [5.74, 6) is -0.264. The lowest BCUT2D eigenvalue weighted by Crippen LogP contribution is -2.17. The Kier molecular flexibility index (Phi) is 5.03. The van der Waals surface area contributed by atoms with E-state index in [0.717, 1.165) is 12.1 Å². The van der Waals surface area contributed by atoms with Gasteiger partial charge < -0.3 is 15.4 Å². The standard InChI is InChI=1S/C16H11F3N4O2S/c17-16(18,19)25-11-6-4-10(5-7-11)21-14(24)12-9-26-15(22-12)23-13-3-1-2-8-20-13/h1-9H,(H,21,24)(H,20,22,23). The topological polar surface area (TPSA) is 76.1 Å². The van der Waals surface area contributed by atoms with Crippen LogP contribution >= 0.6 is 11.3 Å². The van der Waals surface area contributed by atoms with E-state index >= 15 is 0 Å². The highest BCUT2D eigenvalue weighted by molar-refractivity contribution is 7.14. The van der Waals surface area contributed by atoms with Crippen LogP contribution in [0.1, 0.15) is 10.5 Å². The molecule has 0 radical (unpaired) electrons. The smallest absolute Gasteiger partial charge is 0.406 e. The number of hydrogen-bond donors (Lipinski definition) is 2. The number of amides is 1. The zero-order chi connectivity index (χ0) is 18.6. The number of thiazole rings is 1. The third kappa shape index (κ3) is 4.93. The summed E-state index contributed by atoms with van der Waals surface area (Å²) in [6, 6.07) is 10.2. The highest BCUT2D eigenvalue weighted by Crippen LogP contribution is 2.24. The number of nitrogens with one attached hydrogen (secondary N) is 2. The van der Waals surface area contributed by atoms with Gasteiger partial charge in [-0.15, -0.1) is 24.5 Å². The molecule has 0 saturated heterocycles. The summed E-state index contributed by atoms with van der Waals surface area (Å²) in [4.78, 5) is 20.4. The second-order valence-corrected chi connectivity index (χ2v) is 5.76. The summed E-state index contributed by atoms with van der Waals surface area (Å²) in [5, 5.41) is 7.56. The average Bonchev–Trinajstić information content (AvgIpc) is 3.05. The number of halogens is 3. The lowest BCUT2D eigenvalue weighted by atomic mass is 10.3. The quantitative estimate of drug-likeness (QED) is 0.685. The third-order valence-corrected chi connectivity index (χ3v) is 3.74. The monoisotopic (exact) mass is 380 g/mol. The summed E-state index contributed by atoms with van der Waals surface area (Å²) in [5.41, 5.74) is 0.487. The van der Waals surface area contributed by atoms with Crippen molar-refractivity contribution >= 4 is 33.9 Å². The van der Waals surface area contributed by atoms with Crippen molar-refractivity contribution in [2.75, 3.05) is 10.6 Å². The molecule has 0 atom stereocenters. The fourth-order valence-corrected chi connectivity index (χ4v) is 2.61. The van der Waals surface area contributed by atoms with Gasteiger partial charge in [0.05, 0.1) is 0 Å². The largest absolute Gasteiger partial charge is 0.573 e. The molecule has 3 aromatic rings. The highest BCUT2D eigenvalue weighted by Gasteiger charge is 2.30. The Morgan fingerprint density at radius 1 is 1.12 bits per heavy atom. The average molecular weight is 380 g/mol. The second-order valence-electron chi connectivity index (χ2n) is 4.90. The molecule has 26 heavy (non-hydrogen) atoms. The van der Waals surface area contributed by atoms with Gasteiger partial charge in [-0.05, 0) is 36.4 Å². The number of anilines is 3. The number of rotatable bonds is 5. The number of aromatic nitrogens is 2. The molecule has 1 aromatic carbocycles. The molecule has 2 N–H and O–H groups in total. The first-order chi connectivity index (χ1) is 12.4. The first-order valence-corrected chi connectivity index (χ1v) is 8.08. The second kappa shape index (κ2) is 7.40. The number of carbonyl (C=O) groups excluding carboxylic acids is 1. The molecule has 134 valence electrons. The van der Waals surface area contributed by atoms with E-state index in [0.29, 0.717) is 16.6 Å². The van der Waals surface area contributed by atoms with Crippen molar-refractivity contribution in [2.45, 2.75) is 6.36 Å². The van der Waals surface area contributed by atoms with Crippen LogP contribution in [0.4, 0.5) is 29.8 Å². The number of hydrogen-bond acceptors (Lipinski definition) is 6. The highest BCUT2D eigenvalue weighted by atomic mass is 32.1. The SMILES string of the molecule is O=C(Nc1ccc(OC(F)(F)F)cc1)c1csc(Nc2ccccn2)n1. The fraction of sp³-hybridized carbons (Fsp3) is 0.0625. The van der Waals surface area contributed by atoms with Gasteiger partial charge in [0.25, 0.3) is 5.91 Å². The minimum Gasteiger partial charge on any atom is -0.406 e. The fourth-order valence-electron chi connectivity index (χ4n) is 1.92. The molecule has 2 aromatic heterocycles. The molecule has 3 rings (SSSR count). The molecule has 0 saturated carbocycles. The molecule has 0 aliphatic heterocycles. The van der Waals surface area contributed by atoms with Crippen molar-refractivity contribution in [3.8, 4) is 5.75 Å². The third-order valence-electron chi connectivity index (χ3n) is 2.98. The molecule has 0 aliphatic carbocycles. The van der Waals surface area contributed by atoms with Crippen LogP contribution < -0.4 is 15.4 Å². The molecular formula is C16H11F3N4O2S. The molecule has 0 spiro atoms. The van der Waals surface area contributed by atoms with Gasteiger partial charge in [-0.1, -0.05) is 6.07 Å². The minimum atomic E-state index is -4.76. The maximum Gasteiger partial charge on any atom is 0.573 e. The summed E-state index contributed by atoms with van der Waals surface area (Å²) in [7, 11) is 0. The van der Waals surface area contributed by atoms with E-state index in [2.05, 4.69) is 25.3 Å². The van der Waals surface area contributed by atoms with Gasteiger partial charge in [0, 0.05) is 17.3 Å². The van der Waals surface area contributed by atoms with Gasteiger partial charge in [0.15, 0.2) is 5.13 Å². The van der Waals surface area contributed by atoms with Crippen molar-refractivity contribution in [1.82, 2.24) is 9.97 Å². The number of carbonyl (C=O) groups is 1. The van der Waals surface area contributed by atoms with Crippen LogP contribution in [-0.2, 0) is 0 Å². The Morgan fingerprint density at radius 3 is 2.54 bits per heavy atom.